The van der Waals surface area contributed by atoms with Crippen LogP contribution in [0.3, 0.4) is 0 Å². The van der Waals surface area contributed by atoms with Crippen LogP contribution >= 0.6 is 0 Å². The number of piperidine rings is 1. The van der Waals surface area contributed by atoms with Crippen LogP contribution in [0.5, 0.6) is 5.75 Å². The summed E-state index contributed by atoms with van der Waals surface area (Å²) in [7, 11) is 1.73. The maximum atomic E-state index is 12.4. The Labute approximate surface area is 126 Å². The van der Waals surface area contributed by atoms with Crippen LogP contribution in [0.1, 0.15) is 31.2 Å². The first-order valence-corrected chi connectivity index (χ1v) is 7.73. The Bertz CT molecular complexity index is 444. The van der Waals surface area contributed by atoms with E-state index >= 15 is 0 Å². The molecule has 1 aliphatic heterocycles. The number of hydrogen-bond acceptors (Lipinski definition) is 3. The number of methoxy groups -OCH3 is 1. The van der Waals surface area contributed by atoms with E-state index < -0.39 is 0 Å². The summed E-state index contributed by atoms with van der Waals surface area (Å²) in [5, 5.41) is 9.27. The second kappa shape index (κ2) is 8.03. The van der Waals surface area contributed by atoms with Gasteiger partial charge in [-0.25, -0.2) is 0 Å². The molecule has 0 aliphatic carbocycles. The Morgan fingerprint density at radius 3 is 2.86 bits per heavy atom. The van der Waals surface area contributed by atoms with Gasteiger partial charge in [0.15, 0.2) is 0 Å². The normalized spacial score (nSPS) is 18.7. The molecule has 1 aliphatic rings. The van der Waals surface area contributed by atoms with Crippen LogP contribution in [0.2, 0.25) is 0 Å². The van der Waals surface area contributed by atoms with E-state index in [-0.39, 0.29) is 11.7 Å². The molecule has 1 N–H and O–H groups in total. The molecule has 116 valence electrons. The molecule has 4 heteroatoms. The maximum Gasteiger partial charge on any atom is 0.226 e. The Morgan fingerprint density at radius 1 is 1.38 bits per heavy atom. The molecule has 0 radical (unpaired) electrons. The minimum atomic E-state index is 0.192. The van der Waals surface area contributed by atoms with Crippen LogP contribution in [0.4, 0.5) is 0 Å². The third-order valence-corrected chi connectivity index (χ3v) is 4.12. The molecule has 0 bridgehead atoms. The van der Waals surface area contributed by atoms with Gasteiger partial charge < -0.3 is 14.7 Å². The van der Waals surface area contributed by atoms with E-state index in [0.717, 1.165) is 44.5 Å². The van der Waals surface area contributed by atoms with Crippen molar-refractivity contribution in [3.05, 3.63) is 29.8 Å². The first-order chi connectivity index (χ1) is 10.2. The fourth-order valence-corrected chi connectivity index (χ4v) is 2.94. The molecule has 1 amide bonds. The molecule has 21 heavy (non-hydrogen) atoms. The van der Waals surface area contributed by atoms with Gasteiger partial charge in [0, 0.05) is 26.8 Å². The number of ether oxygens (including phenoxy) is 1. The molecule has 0 saturated carbocycles. The summed E-state index contributed by atoms with van der Waals surface area (Å²) >= 11 is 0. The van der Waals surface area contributed by atoms with E-state index in [9.17, 15) is 9.90 Å². The second-order valence-electron chi connectivity index (χ2n) is 5.83. The summed E-state index contributed by atoms with van der Waals surface area (Å²) in [5.41, 5.74) is 0.958. The lowest BCUT2D eigenvalue weighted by Gasteiger charge is -2.33. The zero-order valence-corrected chi connectivity index (χ0v) is 12.8. The number of benzene rings is 1. The number of hydrogen-bond donors (Lipinski definition) is 1. The SMILES string of the molecule is COCCC[C@H]1CCCN(C(=O)Cc2ccc(O)cc2)C1. The number of phenols is 1. The maximum absolute atomic E-state index is 12.4. The second-order valence-corrected chi connectivity index (χ2v) is 5.83. The van der Waals surface area contributed by atoms with Crippen LogP contribution in [0.25, 0.3) is 0 Å². The van der Waals surface area contributed by atoms with E-state index in [2.05, 4.69) is 0 Å². The molecule has 1 fully saturated rings. The molecule has 4 nitrogen and oxygen atoms in total. The van der Waals surface area contributed by atoms with Gasteiger partial charge in [0.05, 0.1) is 6.42 Å². The average molecular weight is 291 g/mol. The van der Waals surface area contributed by atoms with Crippen molar-refractivity contribution in [1.29, 1.82) is 0 Å². The van der Waals surface area contributed by atoms with E-state index in [1.807, 2.05) is 17.0 Å². The standard InChI is InChI=1S/C17H25NO3/c1-21-11-3-5-15-4-2-10-18(13-15)17(20)12-14-6-8-16(19)9-7-14/h6-9,15,19H,2-5,10-13H2,1H3/t15-/m1/s1. The number of nitrogens with zero attached hydrogens (tertiary/aromatic N) is 1. The highest BCUT2D eigenvalue weighted by Crippen LogP contribution is 2.22. The lowest BCUT2D eigenvalue weighted by atomic mass is 9.93. The van der Waals surface area contributed by atoms with Crippen molar-refractivity contribution >= 4 is 5.91 Å². The summed E-state index contributed by atoms with van der Waals surface area (Å²) in [6.45, 7) is 2.55. The summed E-state index contributed by atoms with van der Waals surface area (Å²) in [4.78, 5) is 14.4. The van der Waals surface area contributed by atoms with Gasteiger partial charge in [-0.05, 0) is 49.3 Å². The monoisotopic (exact) mass is 291 g/mol. The average Bonchev–Trinajstić information content (AvgIpc) is 2.50. The molecule has 0 aromatic heterocycles. The highest BCUT2D eigenvalue weighted by Gasteiger charge is 2.23. The van der Waals surface area contributed by atoms with Crippen molar-refractivity contribution in [2.45, 2.75) is 32.1 Å². The number of aromatic hydroxyl groups is 1. The van der Waals surface area contributed by atoms with E-state index in [1.54, 1.807) is 19.2 Å². The molecule has 0 spiro atoms. The summed E-state index contributed by atoms with van der Waals surface area (Å²) < 4.78 is 5.09. The van der Waals surface area contributed by atoms with Crippen LogP contribution in [0, 0.1) is 5.92 Å². The molecule has 0 unspecified atom stereocenters. The summed E-state index contributed by atoms with van der Waals surface area (Å²) in [5.74, 6) is 1.04. The van der Waals surface area contributed by atoms with E-state index in [1.165, 1.54) is 6.42 Å². The van der Waals surface area contributed by atoms with E-state index in [4.69, 9.17) is 4.74 Å². The topological polar surface area (TPSA) is 49.8 Å². The fourth-order valence-electron chi connectivity index (χ4n) is 2.94. The van der Waals surface area contributed by atoms with Crippen molar-refractivity contribution in [2.24, 2.45) is 5.92 Å². The molecule has 2 rings (SSSR count). The Hall–Kier alpha value is -1.55. The van der Waals surface area contributed by atoms with E-state index in [0.29, 0.717) is 12.3 Å². The van der Waals surface area contributed by atoms with Crippen molar-refractivity contribution in [2.75, 3.05) is 26.8 Å². The number of phenolic OH excluding ortho intramolecular Hbond substituents is 1. The minimum Gasteiger partial charge on any atom is -0.508 e. The van der Waals surface area contributed by atoms with Gasteiger partial charge in [0.25, 0.3) is 0 Å². The van der Waals surface area contributed by atoms with Crippen molar-refractivity contribution in [3.8, 4) is 5.75 Å². The third kappa shape index (κ3) is 5.05. The molecule has 1 aromatic carbocycles. The predicted molar refractivity (Wildman–Crippen MR) is 82.2 cm³/mol. The van der Waals surface area contributed by atoms with Gasteiger partial charge in [0.1, 0.15) is 5.75 Å². The fraction of sp³-hybridized carbons (Fsp3) is 0.588. The Balaban J connectivity index is 1.82. The van der Waals surface area contributed by atoms with Gasteiger partial charge in [-0.2, -0.15) is 0 Å². The van der Waals surface area contributed by atoms with Crippen LogP contribution < -0.4 is 0 Å². The highest BCUT2D eigenvalue weighted by molar-refractivity contribution is 5.78. The number of amides is 1. The van der Waals surface area contributed by atoms with Gasteiger partial charge in [-0.1, -0.05) is 12.1 Å². The number of carbonyl (C=O) groups excluding carboxylic acids is 1. The zero-order valence-electron chi connectivity index (χ0n) is 12.8. The molecular weight excluding hydrogens is 266 g/mol. The number of rotatable bonds is 6. The lowest BCUT2D eigenvalue weighted by Crippen LogP contribution is -2.40. The Kier molecular flexibility index (Phi) is 6.05. The first-order valence-electron chi connectivity index (χ1n) is 7.73. The molecule has 1 saturated heterocycles. The van der Waals surface area contributed by atoms with Gasteiger partial charge in [-0.15, -0.1) is 0 Å². The molecule has 1 atom stereocenters. The minimum absolute atomic E-state index is 0.192. The molecule has 1 heterocycles. The van der Waals surface area contributed by atoms with Gasteiger partial charge in [0.2, 0.25) is 5.91 Å². The lowest BCUT2D eigenvalue weighted by molar-refractivity contribution is -0.132. The quantitative estimate of drug-likeness (QED) is 0.820. The van der Waals surface area contributed by atoms with Gasteiger partial charge >= 0.3 is 0 Å². The van der Waals surface area contributed by atoms with Crippen molar-refractivity contribution in [3.63, 3.8) is 0 Å². The number of likely N-dealkylation sites (tertiary alicyclic amines) is 1. The van der Waals surface area contributed by atoms with Crippen LogP contribution in [-0.2, 0) is 16.0 Å². The summed E-state index contributed by atoms with van der Waals surface area (Å²) in [6, 6.07) is 6.89. The predicted octanol–water partition coefficient (Wildman–Crippen LogP) is 2.60. The molecular formula is C17H25NO3. The Morgan fingerprint density at radius 2 is 2.14 bits per heavy atom. The summed E-state index contributed by atoms with van der Waals surface area (Å²) in [6.07, 6.45) is 4.94. The number of carbonyl (C=O) groups is 1. The largest absolute Gasteiger partial charge is 0.508 e. The molecule has 1 aromatic rings. The smallest absolute Gasteiger partial charge is 0.226 e. The first kappa shape index (κ1) is 15.8. The van der Waals surface area contributed by atoms with Crippen LogP contribution in [-0.4, -0.2) is 42.7 Å². The highest BCUT2D eigenvalue weighted by atomic mass is 16.5. The van der Waals surface area contributed by atoms with Crippen LogP contribution in [0.15, 0.2) is 24.3 Å². The van der Waals surface area contributed by atoms with Gasteiger partial charge in [-0.3, -0.25) is 4.79 Å². The zero-order chi connectivity index (χ0) is 15.1. The van der Waals surface area contributed by atoms with Crippen molar-refractivity contribution in [1.82, 2.24) is 4.90 Å². The third-order valence-electron chi connectivity index (χ3n) is 4.12. The van der Waals surface area contributed by atoms with Crippen molar-refractivity contribution < 1.29 is 14.6 Å².